The minimum atomic E-state index is -0.388. The van der Waals surface area contributed by atoms with Crippen LogP contribution in [-0.4, -0.2) is 23.6 Å². The molecule has 0 saturated carbocycles. The van der Waals surface area contributed by atoms with Crippen molar-refractivity contribution in [1.82, 2.24) is 9.88 Å². The van der Waals surface area contributed by atoms with Crippen molar-refractivity contribution in [2.24, 2.45) is 7.05 Å². The third-order valence-electron chi connectivity index (χ3n) is 5.99. The van der Waals surface area contributed by atoms with Crippen LogP contribution in [0.25, 0.3) is 10.9 Å². The van der Waals surface area contributed by atoms with E-state index in [1.54, 1.807) is 12.1 Å². The summed E-state index contributed by atoms with van der Waals surface area (Å²) in [4.78, 5) is 25.2. The van der Waals surface area contributed by atoms with Gasteiger partial charge in [0.1, 0.15) is 5.69 Å². The fourth-order valence-corrected chi connectivity index (χ4v) is 4.35. The summed E-state index contributed by atoms with van der Waals surface area (Å²) in [6.45, 7) is 6.04. The molecular weight excluding hydrogens is 426 g/mol. The van der Waals surface area contributed by atoms with Crippen LogP contribution in [0.5, 0.6) is 0 Å². The van der Waals surface area contributed by atoms with Crippen molar-refractivity contribution >= 4 is 34.2 Å². The third-order valence-corrected chi connectivity index (χ3v) is 5.99. The fraction of sp³-hybridized carbons (Fsp3) is 0.214. The van der Waals surface area contributed by atoms with Crippen molar-refractivity contribution in [1.29, 1.82) is 0 Å². The number of methoxy groups -OCH3 is 1. The molecule has 174 valence electrons. The highest BCUT2D eigenvalue weighted by Gasteiger charge is 2.23. The topological polar surface area (TPSA) is 72.4 Å². The SMILES string of the molecule is COC(=O)c1ccc(C(C)NC(=O)c2c(Nc3cc(C)cc(C)c3)c3ccccc3n2C)cc1. The summed E-state index contributed by atoms with van der Waals surface area (Å²) in [5.74, 6) is -0.573. The van der Waals surface area contributed by atoms with E-state index in [1.165, 1.54) is 7.11 Å². The Bertz CT molecular complexity index is 1350. The Balaban J connectivity index is 1.67. The van der Waals surface area contributed by atoms with Crippen LogP contribution in [0.15, 0.2) is 66.7 Å². The molecule has 1 unspecified atom stereocenters. The van der Waals surface area contributed by atoms with Gasteiger partial charge in [0, 0.05) is 18.1 Å². The molecule has 4 rings (SSSR count). The number of benzene rings is 3. The van der Waals surface area contributed by atoms with Gasteiger partial charge < -0.3 is 19.9 Å². The van der Waals surface area contributed by atoms with Gasteiger partial charge in [-0.15, -0.1) is 0 Å². The van der Waals surface area contributed by atoms with Crippen LogP contribution in [0.4, 0.5) is 11.4 Å². The lowest BCUT2D eigenvalue weighted by molar-refractivity contribution is 0.0600. The molecule has 0 fully saturated rings. The largest absolute Gasteiger partial charge is 0.465 e. The molecule has 0 aliphatic heterocycles. The second-order valence-corrected chi connectivity index (χ2v) is 8.61. The van der Waals surface area contributed by atoms with Crippen molar-refractivity contribution in [3.8, 4) is 0 Å². The number of aryl methyl sites for hydroxylation is 3. The number of carbonyl (C=O) groups excluding carboxylic acids is 2. The molecule has 1 atom stereocenters. The maximum Gasteiger partial charge on any atom is 0.337 e. The molecule has 4 aromatic rings. The minimum absolute atomic E-state index is 0.185. The predicted octanol–water partition coefficient (Wildman–Crippen LogP) is 5.82. The van der Waals surface area contributed by atoms with Crippen molar-refractivity contribution in [2.45, 2.75) is 26.8 Å². The number of para-hydroxylation sites is 1. The first-order valence-corrected chi connectivity index (χ1v) is 11.2. The van der Waals surface area contributed by atoms with Gasteiger partial charge in [-0.3, -0.25) is 4.79 Å². The number of amides is 1. The van der Waals surface area contributed by atoms with E-state index in [-0.39, 0.29) is 17.9 Å². The van der Waals surface area contributed by atoms with Gasteiger partial charge in [0.15, 0.2) is 0 Å². The molecular formula is C28H29N3O3. The molecule has 1 heterocycles. The molecule has 6 heteroatoms. The van der Waals surface area contributed by atoms with Gasteiger partial charge in [-0.25, -0.2) is 4.79 Å². The van der Waals surface area contributed by atoms with E-state index in [0.29, 0.717) is 11.3 Å². The summed E-state index contributed by atoms with van der Waals surface area (Å²) in [6, 6.07) is 21.0. The zero-order valence-corrected chi connectivity index (χ0v) is 20.1. The zero-order valence-electron chi connectivity index (χ0n) is 20.1. The highest BCUT2D eigenvalue weighted by atomic mass is 16.5. The molecule has 3 aromatic carbocycles. The molecule has 0 aliphatic carbocycles. The molecule has 2 N–H and O–H groups in total. The number of carbonyl (C=O) groups is 2. The second kappa shape index (κ2) is 9.43. The number of hydrogen-bond acceptors (Lipinski definition) is 4. The van der Waals surface area contributed by atoms with Crippen LogP contribution in [0.1, 0.15) is 50.5 Å². The van der Waals surface area contributed by atoms with Crippen LogP contribution in [0.3, 0.4) is 0 Å². The first-order chi connectivity index (χ1) is 16.3. The van der Waals surface area contributed by atoms with E-state index >= 15 is 0 Å². The highest BCUT2D eigenvalue weighted by molar-refractivity contribution is 6.09. The lowest BCUT2D eigenvalue weighted by Crippen LogP contribution is -2.29. The van der Waals surface area contributed by atoms with E-state index in [9.17, 15) is 9.59 Å². The Hall–Kier alpha value is -4.06. The summed E-state index contributed by atoms with van der Waals surface area (Å²) in [6.07, 6.45) is 0. The van der Waals surface area contributed by atoms with Gasteiger partial charge in [0.2, 0.25) is 0 Å². The van der Waals surface area contributed by atoms with Gasteiger partial charge in [-0.2, -0.15) is 0 Å². The summed E-state index contributed by atoms with van der Waals surface area (Å²) >= 11 is 0. The molecule has 0 radical (unpaired) electrons. The van der Waals surface area contributed by atoms with Crippen LogP contribution >= 0.6 is 0 Å². The highest BCUT2D eigenvalue weighted by Crippen LogP contribution is 2.33. The Labute approximate surface area is 199 Å². The third kappa shape index (κ3) is 4.53. The van der Waals surface area contributed by atoms with Gasteiger partial charge in [0.25, 0.3) is 5.91 Å². The summed E-state index contributed by atoms with van der Waals surface area (Å²) in [5.41, 5.74) is 6.90. The van der Waals surface area contributed by atoms with Crippen LogP contribution in [-0.2, 0) is 11.8 Å². The van der Waals surface area contributed by atoms with E-state index in [1.807, 2.05) is 54.9 Å². The average Bonchev–Trinajstić information content (AvgIpc) is 3.09. The molecule has 0 aliphatic rings. The smallest absolute Gasteiger partial charge is 0.337 e. The number of ether oxygens (including phenoxy) is 1. The quantitative estimate of drug-likeness (QED) is 0.360. The normalized spacial score (nSPS) is 11.8. The average molecular weight is 456 g/mol. The molecule has 6 nitrogen and oxygen atoms in total. The molecule has 0 spiro atoms. The number of anilines is 2. The Morgan fingerprint density at radius 1 is 0.941 bits per heavy atom. The number of nitrogens with one attached hydrogen (secondary N) is 2. The Morgan fingerprint density at radius 2 is 1.59 bits per heavy atom. The number of nitrogens with zero attached hydrogens (tertiary/aromatic N) is 1. The molecule has 34 heavy (non-hydrogen) atoms. The minimum Gasteiger partial charge on any atom is -0.465 e. The molecule has 0 bridgehead atoms. The van der Waals surface area contributed by atoms with E-state index in [2.05, 4.69) is 42.7 Å². The Morgan fingerprint density at radius 3 is 2.24 bits per heavy atom. The van der Waals surface area contributed by atoms with Crippen molar-refractivity contribution in [3.05, 3.63) is 94.7 Å². The first kappa shape index (κ1) is 23.1. The van der Waals surface area contributed by atoms with Crippen LogP contribution in [0, 0.1) is 13.8 Å². The number of esters is 1. The standard InChI is InChI=1S/C28H29N3O3/c1-17-14-18(2)16-22(15-17)30-25-23-8-6-7-9-24(23)31(4)26(25)27(32)29-19(3)20-10-12-21(13-11-20)28(33)34-5/h6-16,19,30H,1-5H3,(H,29,32). The van der Waals surface area contributed by atoms with Gasteiger partial charge in [0.05, 0.1) is 29.9 Å². The van der Waals surface area contributed by atoms with Crippen LogP contribution < -0.4 is 10.6 Å². The Kier molecular flexibility index (Phi) is 6.41. The van der Waals surface area contributed by atoms with Crippen molar-refractivity contribution in [3.63, 3.8) is 0 Å². The molecule has 1 amide bonds. The number of aromatic nitrogens is 1. The van der Waals surface area contributed by atoms with Gasteiger partial charge >= 0.3 is 5.97 Å². The summed E-state index contributed by atoms with van der Waals surface area (Å²) in [5, 5.41) is 7.59. The zero-order chi connectivity index (χ0) is 24.4. The van der Waals surface area contributed by atoms with Gasteiger partial charge in [-0.1, -0.05) is 36.4 Å². The monoisotopic (exact) mass is 455 g/mol. The van der Waals surface area contributed by atoms with E-state index in [4.69, 9.17) is 4.74 Å². The van der Waals surface area contributed by atoms with Gasteiger partial charge in [-0.05, 0) is 67.8 Å². The lowest BCUT2D eigenvalue weighted by Gasteiger charge is -2.17. The number of rotatable bonds is 6. The lowest BCUT2D eigenvalue weighted by atomic mass is 10.1. The summed E-state index contributed by atoms with van der Waals surface area (Å²) in [7, 11) is 3.26. The number of fused-ring (bicyclic) bond motifs is 1. The predicted molar refractivity (Wildman–Crippen MR) is 136 cm³/mol. The second-order valence-electron chi connectivity index (χ2n) is 8.61. The van der Waals surface area contributed by atoms with Crippen molar-refractivity contribution < 1.29 is 14.3 Å². The first-order valence-electron chi connectivity index (χ1n) is 11.2. The molecule has 0 saturated heterocycles. The molecule has 1 aromatic heterocycles. The van der Waals surface area contributed by atoms with Crippen LogP contribution in [0.2, 0.25) is 0 Å². The summed E-state index contributed by atoms with van der Waals surface area (Å²) < 4.78 is 6.68. The fourth-order valence-electron chi connectivity index (χ4n) is 4.35. The number of hydrogen-bond donors (Lipinski definition) is 2. The maximum atomic E-state index is 13.5. The van der Waals surface area contributed by atoms with E-state index in [0.717, 1.165) is 39.0 Å². The van der Waals surface area contributed by atoms with Crippen molar-refractivity contribution in [2.75, 3.05) is 12.4 Å². The maximum absolute atomic E-state index is 13.5. The van der Waals surface area contributed by atoms with E-state index < -0.39 is 0 Å².